The molecule has 2 N–H and O–H groups in total. The molecule has 7 heteroatoms. The predicted octanol–water partition coefficient (Wildman–Crippen LogP) is 4.77. The summed E-state index contributed by atoms with van der Waals surface area (Å²) in [5.41, 5.74) is 7.96. The second-order valence-electron chi connectivity index (χ2n) is 6.50. The number of pyridine rings is 2. The Morgan fingerprint density at radius 2 is 1.83 bits per heavy atom. The fraction of sp³-hybridized carbons (Fsp3) is 0.0455. The number of carbonyl (C=O) groups is 1. The number of fused-ring (bicyclic) bond motifs is 1. The van der Waals surface area contributed by atoms with Crippen molar-refractivity contribution >= 4 is 16.8 Å². The van der Waals surface area contributed by atoms with Crippen molar-refractivity contribution in [2.45, 2.75) is 6.92 Å². The Kier molecular flexibility index (Phi) is 4.64. The van der Waals surface area contributed by atoms with Gasteiger partial charge in [0.25, 0.3) is 0 Å². The second kappa shape index (κ2) is 7.27. The minimum atomic E-state index is -0.607. The molecular formula is C22H15F2N3O2. The average Bonchev–Trinajstić information content (AvgIpc) is 2.67. The molecule has 0 aliphatic carbocycles. The molecule has 2 heterocycles. The second-order valence-corrected chi connectivity index (χ2v) is 6.50. The number of nitrogens with two attached hydrogens (primary N) is 1. The number of amides is 1. The van der Waals surface area contributed by atoms with Gasteiger partial charge in [0.1, 0.15) is 22.8 Å². The molecule has 144 valence electrons. The van der Waals surface area contributed by atoms with Crippen LogP contribution in [0.5, 0.6) is 11.5 Å². The van der Waals surface area contributed by atoms with Gasteiger partial charge in [-0.1, -0.05) is 6.07 Å². The highest BCUT2D eigenvalue weighted by Crippen LogP contribution is 2.30. The average molecular weight is 391 g/mol. The lowest BCUT2D eigenvalue weighted by atomic mass is 10.0. The molecule has 0 atom stereocenters. The Morgan fingerprint density at radius 1 is 1.00 bits per heavy atom. The zero-order valence-electron chi connectivity index (χ0n) is 15.3. The molecule has 0 unspecified atom stereocenters. The molecule has 0 saturated carbocycles. The first-order valence-corrected chi connectivity index (χ1v) is 8.70. The van der Waals surface area contributed by atoms with E-state index in [1.54, 1.807) is 43.5 Å². The monoisotopic (exact) mass is 391 g/mol. The SMILES string of the molecule is Cc1cc(-c2cc(Oc3cc(F)c4ncc(F)cc4c3)ccn2)ccc1C(N)=O. The minimum Gasteiger partial charge on any atom is -0.457 e. The third-order valence-corrected chi connectivity index (χ3v) is 4.43. The van der Waals surface area contributed by atoms with Gasteiger partial charge in [-0.05, 0) is 42.8 Å². The van der Waals surface area contributed by atoms with E-state index < -0.39 is 17.5 Å². The molecule has 29 heavy (non-hydrogen) atoms. The van der Waals surface area contributed by atoms with Gasteiger partial charge in [0, 0.05) is 34.8 Å². The van der Waals surface area contributed by atoms with Gasteiger partial charge in [-0.3, -0.25) is 14.8 Å². The fourth-order valence-corrected chi connectivity index (χ4v) is 3.08. The van der Waals surface area contributed by atoms with E-state index in [1.165, 1.54) is 18.2 Å². The highest BCUT2D eigenvalue weighted by Gasteiger charge is 2.11. The number of hydrogen-bond donors (Lipinski definition) is 1. The number of primary amides is 1. The molecule has 2 aromatic carbocycles. The van der Waals surface area contributed by atoms with Gasteiger partial charge in [0.05, 0.1) is 11.9 Å². The van der Waals surface area contributed by atoms with Gasteiger partial charge in [-0.2, -0.15) is 0 Å². The van der Waals surface area contributed by atoms with Crippen LogP contribution < -0.4 is 10.5 Å². The topological polar surface area (TPSA) is 78.1 Å². The fourth-order valence-electron chi connectivity index (χ4n) is 3.08. The molecule has 2 aromatic heterocycles. The molecular weight excluding hydrogens is 376 g/mol. The normalized spacial score (nSPS) is 10.9. The van der Waals surface area contributed by atoms with Crippen LogP contribution in [0, 0.1) is 18.6 Å². The van der Waals surface area contributed by atoms with E-state index >= 15 is 0 Å². The summed E-state index contributed by atoms with van der Waals surface area (Å²) in [6.45, 7) is 1.79. The number of nitrogens with zero attached hydrogens (tertiary/aromatic N) is 2. The first-order chi connectivity index (χ1) is 13.9. The summed E-state index contributed by atoms with van der Waals surface area (Å²) < 4.78 is 33.4. The number of carbonyl (C=O) groups excluding carboxylic acids is 1. The molecule has 0 saturated heterocycles. The van der Waals surface area contributed by atoms with Crippen molar-refractivity contribution < 1.29 is 18.3 Å². The quantitative estimate of drug-likeness (QED) is 0.543. The Morgan fingerprint density at radius 3 is 2.59 bits per heavy atom. The van der Waals surface area contributed by atoms with Crippen LogP contribution in [0.2, 0.25) is 0 Å². The molecule has 5 nitrogen and oxygen atoms in total. The van der Waals surface area contributed by atoms with Crippen LogP contribution in [0.4, 0.5) is 8.78 Å². The zero-order valence-corrected chi connectivity index (χ0v) is 15.3. The van der Waals surface area contributed by atoms with Crippen LogP contribution in [0.1, 0.15) is 15.9 Å². The number of halogens is 2. The Balaban J connectivity index is 1.67. The van der Waals surface area contributed by atoms with Crippen LogP contribution >= 0.6 is 0 Å². The van der Waals surface area contributed by atoms with E-state index in [9.17, 15) is 13.6 Å². The van der Waals surface area contributed by atoms with Crippen LogP contribution in [0.3, 0.4) is 0 Å². The van der Waals surface area contributed by atoms with Crippen molar-refractivity contribution in [3.63, 3.8) is 0 Å². The summed E-state index contributed by atoms with van der Waals surface area (Å²) in [6, 6.07) is 12.4. The zero-order chi connectivity index (χ0) is 20.5. The molecule has 0 fully saturated rings. The lowest BCUT2D eigenvalue weighted by Crippen LogP contribution is -2.12. The lowest BCUT2D eigenvalue weighted by Gasteiger charge is -2.10. The van der Waals surface area contributed by atoms with Crippen molar-refractivity contribution in [1.29, 1.82) is 0 Å². The van der Waals surface area contributed by atoms with Gasteiger partial charge in [-0.25, -0.2) is 8.78 Å². The maximum absolute atomic E-state index is 14.3. The Bertz CT molecular complexity index is 1260. The largest absolute Gasteiger partial charge is 0.457 e. The van der Waals surface area contributed by atoms with Crippen LogP contribution in [0.15, 0.2) is 60.9 Å². The summed E-state index contributed by atoms with van der Waals surface area (Å²) in [4.78, 5) is 19.5. The van der Waals surface area contributed by atoms with E-state index in [4.69, 9.17) is 10.5 Å². The molecule has 1 amide bonds. The summed E-state index contributed by atoms with van der Waals surface area (Å²) in [5, 5.41) is 0.298. The van der Waals surface area contributed by atoms with E-state index in [2.05, 4.69) is 9.97 Å². The van der Waals surface area contributed by atoms with Gasteiger partial charge in [0.15, 0.2) is 5.82 Å². The smallest absolute Gasteiger partial charge is 0.248 e. The molecule has 0 aliphatic heterocycles. The molecule has 4 aromatic rings. The van der Waals surface area contributed by atoms with Crippen molar-refractivity contribution in [3.8, 4) is 22.8 Å². The first-order valence-electron chi connectivity index (χ1n) is 8.70. The Hall–Kier alpha value is -3.87. The summed E-state index contributed by atoms with van der Waals surface area (Å²) in [5.74, 6) is -1.03. The maximum Gasteiger partial charge on any atom is 0.248 e. The summed E-state index contributed by atoms with van der Waals surface area (Å²) >= 11 is 0. The molecule has 4 rings (SSSR count). The standard InChI is InChI=1S/C22H15F2N3O2/c1-12-6-13(2-3-18(12)22(25)28)20-10-16(4-5-26-20)29-17-8-14-7-15(23)11-27-21(14)19(24)9-17/h2-11H,1H3,(H2,25,28). The number of aromatic nitrogens is 2. The van der Waals surface area contributed by atoms with Crippen molar-refractivity contribution in [2.75, 3.05) is 0 Å². The highest BCUT2D eigenvalue weighted by atomic mass is 19.1. The van der Waals surface area contributed by atoms with Crippen molar-refractivity contribution in [1.82, 2.24) is 9.97 Å². The third kappa shape index (κ3) is 3.75. The number of benzene rings is 2. The van der Waals surface area contributed by atoms with Crippen LogP contribution in [0.25, 0.3) is 22.2 Å². The van der Waals surface area contributed by atoms with E-state index in [1.807, 2.05) is 0 Å². The highest BCUT2D eigenvalue weighted by molar-refractivity contribution is 5.94. The van der Waals surface area contributed by atoms with Crippen molar-refractivity contribution in [2.24, 2.45) is 5.73 Å². The Labute approximate surface area is 164 Å². The van der Waals surface area contributed by atoms with E-state index in [-0.39, 0.29) is 11.3 Å². The van der Waals surface area contributed by atoms with Gasteiger partial charge in [0.2, 0.25) is 5.91 Å². The lowest BCUT2D eigenvalue weighted by molar-refractivity contribution is 0.0999. The number of aryl methyl sites for hydroxylation is 1. The van der Waals surface area contributed by atoms with Crippen LogP contribution in [-0.2, 0) is 0 Å². The minimum absolute atomic E-state index is 0.0687. The van der Waals surface area contributed by atoms with Gasteiger partial charge >= 0.3 is 0 Å². The molecule has 0 bridgehead atoms. The van der Waals surface area contributed by atoms with Crippen LogP contribution in [-0.4, -0.2) is 15.9 Å². The predicted molar refractivity (Wildman–Crippen MR) is 105 cm³/mol. The number of hydrogen-bond acceptors (Lipinski definition) is 4. The third-order valence-electron chi connectivity index (χ3n) is 4.43. The van der Waals surface area contributed by atoms with E-state index in [0.717, 1.165) is 17.3 Å². The van der Waals surface area contributed by atoms with E-state index in [0.29, 0.717) is 22.4 Å². The first kappa shape index (κ1) is 18.5. The van der Waals surface area contributed by atoms with Crippen molar-refractivity contribution in [3.05, 3.63) is 83.7 Å². The molecule has 0 spiro atoms. The maximum atomic E-state index is 14.3. The van der Waals surface area contributed by atoms with Gasteiger partial charge < -0.3 is 10.5 Å². The summed E-state index contributed by atoms with van der Waals surface area (Å²) in [6.07, 6.45) is 2.52. The number of ether oxygens (including phenoxy) is 1. The van der Waals surface area contributed by atoms with Gasteiger partial charge in [-0.15, -0.1) is 0 Å². The summed E-state index contributed by atoms with van der Waals surface area (Å²) in [7, 11) is 0. The molecule has 0 aliphatic rings. The molecule has 0 radical (unpaired) electrons. The number of rotatable bonds is 4.